The van der Waals surface area contributed by atoms with Gasteiger partial charge in [-0.25, -0.2) is 0 Å². The van der Waals surface area contributed by atoms with Gasteiger partial charge in [-0.2, -0.15) is 0 Å². The summed E-state index contributed by atoms with van der Waals surface area (Å²) in [5.41, 5.74) is 0.933. The maximum atomic E-state index is 9.47. The van der Waals surface area contributed by atoms with Crippen molar-refractivity contribution >= 4 is 0 Å². The van der Waals surface area contributed by atoms with Crippen LogP contribution in [0.4, 0.5) is 0 Å². The Bertz CT molecular complexity index is 271. The summed E-state index contributed by atoms with van der Waals surface area (Å²) < 4.78 is 0. The van der Waals surface area contributed by atoms with Crippen LogP contribution in [0.25, 0.3) is 0 Å². The van der Waals surface area contributed by atoms with Crippen molar-refractivity contribution in [2.24, 2.45) is 10.8 Å². The lowest BCUT2D eigenvalue weighted by Crippen LogP contribution is -2.61. The number of aliphatic hydroxyl groups excluding tert-OH is 1. The van der Waals surface area contributed by atoms with Crippen molar-refractivity contribution in [3.8, 4) is 0 Å². The van der Waals surface area contributed by atoms with Crippen molar-refractivity contribution in [1.29, 1.82) is 0 Å². The third kappa shape index (κ3) is 3.25. The first-order valence-corrected chi connectivity index (χ1v) is 7.40. The van der Waals surface area contributed by atoms with Crippen molar-refractivity contribution < 1.29 is 5.11 Å². The van der Waals surface area contributed by atoms with E-state index in [2.05, 4.69) is 38.5 Å². The van der Waals surface area contributed by atoms with Crippen LogP contribution in [0.2, 0.25) is 0 Å². The van der Waals surface area contributed by atoms with E-state index in [9.17, 15) is 5.11 Å². The van der Waals surface area contributed by atoms with Crippen LogP contribution in [-0.4, -0.2) is 36.9 Å². The van der Waals surface area contributed by atoms with Crippen LogP contribution < -0.4 is 10.6 Å². The molecule has 2 saturated carbocycles. The molecule has 18 heavy (non-hydrogen) atoms. The molecule has 0 aliphatic heterocycles. The smallest absolute Gasteiger partial charge is 0.0584 e. The molecule has 0 heterocycles. The Hall–Kier alpha value is -0.120. The molecule has 1 atom stereocenters. The topological polar surface area (TPSA) is 44.3 Å². The normalized spacial score (nSPS) is 37.2. The molecule has 2 aliphatic rings. The first-order valence-electron chi connectivity index (χ1n) is 7.40. The van der Waals surface area contributed by atoms with Crippen molar-refractivity contribution in [2.75, 3.05) is 13.7 Å². The Balaban J connectivity index is 1.69. The second-order valence-electron chi connectivity index (χ2n) is 7.81. The molecule has 0 saturated heterocycles. The SMILES string of the molecule is CNC1CC2(C1)CC(NC(CO)CC(C)(C)C)C2. The average molecular weight is 254 g/mol. The average Bonchev–Trinajstić information content (AvgIpc) is 2.15. The Morgan fingerprint density at radius 1 is 1.17 bits per heavy atom. The summed E-state index contributed by atoms with van der Waals surface area (Å²) in [5.74, 6) is 0. The number of hydrogen-bond acceptors (Lipinski definition) is 3. The van der Waals surface area contributed by atoms with Gasteiger partial charge in [-0.3, -0.25) is 0 Å². The minimum absolute atomic E-state index is 0.264. The summed E-state index contributed by atoms with van der Waals surface area (Å²) in [6.45, 7) is 6.98. The predicted molar refractivity (Wildman–Crippen MR) is 75.6 cm³/mol. The molecule has 0 aromatic heterocycles. The standard InChI is InChI=1S/C15H30N2O/c1-14(2,3)5-13(10-18)17-12-8-15(9-12)6-11(7-15)16-4/h11-13,16-18H,5-10H2,1-4H3. The third-order valence-electron chi connectivity index (χ3n) is 4.68. The van der Waals surface area contributed by atoms with Gasteiger partial charge in [0.05, 0.1) is 6.61 Å². The molecular weight excluding hydrogens is 224 g/mol. The van der Waals surface area contributed by atoms with Gasteiger partial charge < -0.3 is 15.7 Å². The second-order valence-corrected chi connectivity index (χ2v) is 7.81. The first kappa shape index (κ1) is 14.3. The highest BCUT2D eigenvalue weighted by molar-refractivity contribution is 5.08. The zero-order chi connectivity index (χ0) is 13.4. The summed E-state index contributed by atoms with van der Waals surface area (Å²) in [6.07, 6.45) is 6.37. The van der Waals surface area contributed by atoms with Gasteiger partial charge in [-0.1, -0.05) is 20.8 Å². The molecule has 3 nitrogen and oxygen atoms in total. The molecule has 2 fully saturated rings. The highest BCUT2D eigenvalue weighted by atomic mass is 16.3. The van der Waals surface area contributed by atoms with E-state index in [-0.39, 0.29) is 18.1 Å². The van der Waals surface area contributed by atoms with E-state index < -0.39 is 0 Å². The summed E-state index contributed by atoms with van der Waals surface area (Å²) in [6, 6.07) is 1.67. The molecule has 2 aliphatic carbocycles. The lowest BCUT2D eigenvalue weighted by molar-refractivity contribution is -0.0340. The van der Waals surface area contributed by atoms with E-state index in [1.54, 1.807) is 0 Å². The first-order chi connectivity index (χ1) is 8.36. The van der Waals surface area contributed by atoms with Crippen LogP contribution in [0.5, 0.6) is 0 Å². The molecule has 3 N–H and O–H groups in total. The molecule has 1 spiro atoms. The van der Waals surface area contributed by atoms with E-state index in [0.717, 1.165) is 12.5 Å². The van der Waals surface area contributed by atoms with Crippen LogP contribution in [-0.2, 0) is 0 Å². The molecule has 3 heteroatoms. The summed E-state index contributed by atoms with van der Waals surface area (Å²) in [4.78, 5) is 0. The van der Waals surface area contributed by atoms with Gasteiger partial charge in [0.15, 0.2) is 0 Å². The van der Waals surface area contributed by atoms with Gasteiger partial charge in [0, 0.05) is 18.1 Å². The van der Waals surface area contributed by atoms with E-state index in [0.29, 0.717) is 11.5 Å². The van der Waals surface area contributed by atoms with Crippen molar-refractivity contribution in [2.45, 2.75) is 71.0 Å². The van der Waals surface area contributed by atoms with Crippen LogP contribution in [0, 0.1) is 10.8 Å². The fourth-order valence-electron chi connectivity index (χ4n) is 3.88. The Labute approximate surface area is 112 Å². The zero-order valence-electron chi connectivity index (χ0n) is 12.4. The molecule has 0 bridgehead atoms. The Morgan fingerprint density at radius 3 is 2.17 bits per heavy atom. The van der Waals surface area contributed by atoms with Crippen molar-refractivity contribution in [1.82, 2.24) is 10.6 Å². The lowest BCUT2D eigenvalue weighted by Gasteiger charge is -2.58. The summed E-state index contributed by atoms with van der Waals surface area (Å²) in [5, 5.41) is 16.5. The van der Waals surface area contributed by atoms with Crippen molar-refractivity contribution in [3.05, 3.63) is 0 Å². The van der Waals surface area contributed by atoms with Gasteiger partial charge in [0.1, 0.15) is 0 Å². The maximum absolute atomic E-state index is 9.47. The minimum atomic E-state index is 0.264. The van der Waals surface area contributed by atoms with Gasteiger partial charge >= 0.3 is 0 Å². The molecule has 1 unspecified atom stereocenters. The molecule has 0 aromatic rings. The lowest BCUT2D eigenvalue weighted by atomic mass is 9.52. The highest BCUT2D eigenvalue weighted by Gasteiger charge is 2.52. The second kappa shape index (κ2) is 5.10. The molecule has 0 amide bonds. The van der Waals surface area contributed by atoms with E-state index in [1.807, 2.05) is 0 Å². The fourth-order valence-corrected chi connectivity index (χ4v) is 3.88. The van der Waals surface area contributed by atoms with Crippen LogP contribution in [0.1, 0.15) is 52.9 Å². The molecule has 106 valence electrons. The zero-order valence-corrected chi connectivity index (χ0v) is 12.4. The third-order valence-corrected chi connectivity index (χ3v) is 4.68. The van der Waals surface area contributed by atoms with Crippen LogP contribution >= 0.6 is 0 Å². The molecule has 0 radical (unpaired) electrons. The van der Waals surface area contributed by atoms with Gasteiger partial charge in [0.25, 0.3) is 0 Å². The van der Waals surface area contributed by atoms with Crippen LogP contribution in [0.3, 0.4) is 0 Å². The Kier molecular flexibility index (Phi) is 4.05. The summed E-state index contributed by atoms with van der Waals surface area (Å²) >= 11 is 0. The van der Waals surface area contributed by atoms with Gasteiger partial charge in [-0.05, 0) is 50.0 Å². The highest BCUT2D eigenvalue weighted by Crippen LogP contribution is 2.55. The summed E-state index contributed by atoms with van der Waals surface area (Å²) in [7, 11) is 2.07. The predicted octanol–water partition coefficient (Wildman–Crippen LogP) is 1.90. The fraction of sp³-hybridized carbons (Fsp3) is 1.00. The number of hydrogen-bond donors (Lipinski definition) is 3. The number of rotatable bonds is 5. The van der Waals surface area contributed by atoms with Gasteiger partial charge in [-0.15, -0.1) is 0 Å². The minimum Gasteiger partial charge on any atom is -0.395 e. The van der Waals surface area contributed by atoms with Crippen LogP contribution in [0.15, 0.2) is 0 Å². The van der Waals surface area contributed by atoms with E-state index in [1.165, 1.54) is 25.7 Å². The largest absolute Gasteiger partial charge is 0.395 e. The monoisotopic (exact) mass is 254 g/mol. The molecular formula is C15H30N2O. The maximum Gasteiger partial charge on any atom is 0.0584 e. The van der Waals surface area contributed by atoms with Gasteiger partial charge in [0.2, 0.25) is 0 Å². The quantitative estimate of drug-likeness (QED) is 0.702. The van der Waals surface area contributed by atoms with E-state index in [4.69, 9.17) is 0 Å². The molecule has 0 aromatic carbocycles. The van der Waals surface area contributed by atoms with E-state index >= 15 is 0 Å². The molecule has 2 rings (SSSR count). The Morgan fingerprint density at radius 2 is 1.72 bits per heavy atom. The number of nitrogens with one attached hydrogen (secondary N) is 2. The number of aliphatic hydroxyl groups is 1. The van der Waals surface area contributed by atoms with Crippen molar-refractivity contribution in [3.63, 3.8) is 0 Å².